The summed E-state index contributed by atoms with van der Waals surface area (Å²) in [4.78, 5) is 31.7. The first-order chi connectivity index (χ1) is 16.6. The standard InChI is InChI=1S/C26H27N3O4S/c1-32-20-9-10-23(33-2)21(16-20)22-17-34-26(27-22)28-25(31)19-12-14-29(15-13-19)24(30)11-8-18-6-4-3-5-7-18/h3-11,16-17,19H,12-15H2,1-2H3,(H,27,28,31)/b11-8+. The quantitative estimate of drug-likeness (QED) is 0.498. The zero-order valence-electron chi connectivity index (χ0n) is 19.2. The molecule has 1 N–H and O–H groups in total. The molecule has 2 heterocycles. The topological polar surface area (TPSA) is 80.8 Å². The normalized spacial score (nSPS) is 14.2. The van der Waals surface area contributed by atoms with Gasteiger partial charge in [0.15, 0.2) is 5.13 Å². The van der Waals surface area contributed by atoms with E-state index in [1.54, 1.807) is 25.2 Å². The highest BCUT2D eigenvalue weighted by molar-refractivity contribution is 7.14. The van der Waals surface area contributed by atoms with E-state index in [1.165, 1.54) is 11.3 Å². The van der Waals surface area contributed by atoms with E-state index in [9.17, 15) is 9.59 Å². The van der Waals surface area contributed by atoms with Crippen LogP contribution in [0.3, 0.4) is 0 Å². The van der Waals surface area contributed by atoms with Crippen molar-refractivity contribution in [3.63, 3.8) is 0 Å². The molecule has 1 aliphatic rings. The molecule has 8 heteroatoms. The second-order valence-electron chi connectivity index (χ2n) is 7.94. The van der Waals surface area contributed by atoms with Gasteiger partial charge in [0.25, 0.3) is 0 Å². The zero-order chi connectivity index (χ0) is 23.9. The summed E-state index contributed by atoms with van der Waals surface area (Å²) < 4.78 is 10.7. The van der Waals surface area contributed by atoms with Gasteiger partial charge in [-0.15, -0.1) is 11.3 Å². The average Bonchev–Trinajstić information content (AvgIpc) is 3.35. The molecule has 0 bridgehead atoms. The number of likely N-dealkylation sites (tertiary alicyclic amines) is 1. The fourth-order valence-electron chi connectivity index (χ4n) is 3.88. The molecule has 1 aromatic heterocycles. The maximum absolute atomic E-state index is 12.8. The molecule has 0 spiro atoms. The van der Waals surface area contributed by atoms with Gasteiger partial charge in [-0.1, -0.05) is 30.3 Å². The van der Waals surface area contributed by atoms with E-state index < -0.39 is 0 Å². The van der Waals surface area contributed by atoms with E-state index in [1.807, 2.05) is 60.0 Å². The van der Waals surface area contributed by atoms with E-state index in [2.05, 4.69) is 10.3 Å². The summed E-state index contributed by atoms with van der Waals surface area (Å²) in [6, 6.07) is 15.2. The van der Waals surface area contributed by atoms with Crippen LogP contribution in [-0.2, 0) is 9.59 Å². The van der Waals surface area contributed by atoms with Gasteiger partial charge in [0.05, 0.1) is 19.9 Å². The van der Waals surface area contributed by atoms with Gasteiger partial charge in [0, 0.05) is 36.0 Å². The second kappa shape index (κ2) is 11.0. The number of carbonyl (C=O) groups is 2. The Bertz CT molecular complexity index is 1170. The summed E-state index contributed by atoms with van der Waals surface area (Å²) in [7, 11) is 3.21. The molecule has 0 radical (unpaired) electrons. The highest BCUT2D eigenvalue weighted by Gasteiger charge is 2.27. The summed E-state index contributed by atoms with van der Waals surface area (Å²) in [6.07, 6.45) is 4.66. The van der Waals surface area contributed by atoms with E-state index >= 15 is 0 Å². The van der Waals surface area contributed by atoms with E-state index in [-0.39, 0.29) is 17.7 Å². The van der Waals surface area contributed by atoms with Gasteiger partial charge < -0.3 is 19.7 Å². The predicted octanol–water partition coefficient (Wildman–Crippen LogP) is 4.72. The van der Waals surface area contributed by atoms with Crippen LogP contribution >= 0.6 is 11.3 Å². The third-order valence-electron chi connectivity index (χ3n) is 5.81. The molecule has 2 aromatic carbocycles. The lowest BCUT2D eigenvalue weighted by Crippen LogP contribution is -2.40. The molecule has 0 aliphatic carbocycles. The van der Waals surface area contributed by atoms with Gasteiger partial charge in [-0.2, -0.15) is 0 Å². The monoisotopic (exact) mass is 477 g/mol. The van der Waals surface area contributed by atoms with Gasteiger partial charge in [0.1, 0.15) is 11.5 Å². The number of benzene rings is 2. The number of anilines is 1. The molecule has 3 aromatic rings. The van der Waals surface area contributed by atoms with Crippen LogP contribution < -0.4 is 14.8 Å². The number of hydrogen-bond acceptors (Lipinski definition) is 6. The van der Waals surface area contributed by atoms with E-state index in [0.717, 1.165) is 11.1 Å². The van der Waals surface area contributed by atoms with Crippen molar-refractivity contribution in [2.24, 2.45) is 5.92 Å². The molecular weight excluding hydrogens is 450 g/mol. The minimum atomic E-state index is -0.152. The fourth-order valence-corrected chi connectivity index (χ4v) is 4.59. The van der Waals surface area contributed by atoms with Crippen LogP contribution in [0.1, 0.15) is 18.4 Å². The van der Waals surface area contributed by atoms with Gasteiger partial charge in [-0.05, 0) is 42.7 Å². The SMILES string of the molecule is COc1ccc(OC)c(-c2csc(NC(=O)C3CCN(C(=O)/C=C/c4ccccc4)CC3)n2)c1. The third kappa shape index (κ3) is 5.63. The number of piperidine rings is 1. The van der Waals surface area contributed by atoms with Crippen molar-refractivity contribution in [2.75, 3.05) is 32.6 Å². The molecule has 34 heavy (non-hydrogen) atoms. The maximum atomic E-state index is 12.8. The summed E-state index contributed by atoms with van der Waals surface area (Å²) >= 11 is 1.37. The molecule has 1 aliphatic heterocycles. The number of aromatic nitrogens is 1. The van der Waals surface area contributed by atoms with Crippen LogP contribution in [0.4, 0.5) is 5.13 Å². The average molecular weight is 478 g/mol. The smallest absolute Gasteiger partial charge is 0.246 e. The Labute approximate surface area is 203 Å². The first kappa shape index (κ1) is 23.5. The van der Waals surface area contributed by atoms with Crippen LogP contribution in [0.2, 0.25) is 0 Å². The minimum absolute atomic E-state index is 0.0282. The number of rotatable bonds is 7. The summed E-state index contributed by atoms with van der Waals surface area (Å²) in [6.45, 7) is 1.11. The largest absolute Gasteiger partial charge is 0.497 e. The molecule has 1 saturated heterocycles. The van der Waals surface area contributed by atoms with Crippen molar-refractivity contribution >= 4 is 34.4 Å². The van der Waals surface area contributed by atoms with Gasteiger partial charge in [0.2, 0.25) is 11.8 Å². The lowest BCUT2D eigenvalue weighted by atomic mass is 9.96. The Balaban J connectivity index is 1.32. The first-order valence-electron chi connectivity index (χ1n) is 11.1. The van der Waals surface area contributed by atoms with Crippen LogP contribution in [0.5, 0.6) is 11.5 Å². The number of nitrogens with one attached hydrogen (secondary N) is 1. The van der Waals surface area contributed by atoms with Crippen molar-refractivity contribution in [2.45, 2.75) is 12.8 Å². The summed E-state index contributed by atoms with van der Waals surface area (Å²) in [5.41, 5.74) is 2.50. The van der Waals surface area contributed by atoms with Crippen LogP contribution in [0, 0.1) is 5.92 Å². The summed E-state index contributed by atoms with van der Waals surface area (Å²) in [5, 5.41) is 5.36. The molecule has 7 nitrogen and oxygen atoms in total. The highest BCUT2D eigenvalue weighted by atomic mass is 32.1. The molecule has 0 unspecified atom stereocenters. The Hall–Kier alpha value is -3.65. The molecule has 4 rings (SSSR count). The molecule has 1 fully saturated rings. The predicted molar refractivity (Wildman–Crippen MR) is 134 cm³/mol. The molecule has 2 amide bonds. The van der Waals surface area contributed by atoms with Gasteiger partial charge in [-0.3, -0.25) is 9.59 Å². The number of nitrogens with zero attached hydrogens (tertiary/aromatic N) is 2. The lowest BCUT2D eigenvalue weighted by Gasteiger charge is -2.30. The van der Waals surface area contributed by atoms with Crippen LogP contribution in [-0.4, -0.2) is 49.0 Å². The van der Waals surface area contributed by atoms with Crippen molar-refractivity contribution in [3.8, 4) is 22.8 Å². The van der Waals surface area contributed by atoms with Crippen molar-refractivity contribution < 1.29 is 19.1 Å². The van der Waals surface area contributed by atoms with Crippen LogP contribution in [0.25, 0.3) is 17.3 Å². The van der Waals surface area contributed by atoms with Gasteiger partial charge in [-0.25, -0.2) is 4.98 Å². The second-order valence-corrected chi connectivity index (χ2v) is 8.80. The van der Waals surface area contributed by atoms with E-state index in [0.29, 0.717) is 48.3 Å². The molecule has 0 atom stereocenters. The van der Waals surface area contributed by atoms with Crippen molar-refractivity contribution in [1.29, 1.82) is 0 Å². The van der Waals surface area contributed by atoms with Crippen molar-refractivity contribution in [1.82, 2.24) is 9.88 Å². The number of methoxy groups -OCH3 is 2. The van der Waals surface area contributed by atoms with E-state index in [4.69, 9.17) is 9.47 Å². The number of ether oxygens (including phenoxy) is 2. The number of hydrogen-bond donors (Lipinski definition) is 1. The third-order valence-corrected chi connectivity index (χ3v) is 6.57. The Kier molecular flexibility index (Phi) is 7.59. The number of thiazole rings is 1. The fraction of sp³-hybridized carbons (Fsp3) is 0.269. The summed E-state index contributed by atoms with van der Waals surface area (Å²) in [5.74, 6) is 1.14. The number of amides is 2. The molecule has 176 valence electrons. The molecular formula is C26H27N3O4S. The Morgan fingerprint density at radius 1 is 1.09 bits per heavy atom. The highest BCUT2D eigenvalue weighted by Crippen LogP contribution is 2.35. The lowest BCUT2D eigenvalue weighted by molar-refractivity contribution is -0.130. The molecule has 0 saturated carbocycles. The maximum Gasteiger partial charge on any atom is 0.246 e. The Morgan fingerprint density at radius 2 is 1.85 bits per heavy atom. The number of carbonyl (C=O) groups excluding carboxylic acids is 2. The first-order valence-corrected chi connectivity index (χ1v) is 12.0. The Morgan fingerprint density at radius 3 is 2.56 bits per heavy atom. The van der Waals surface area contributed by atoms with Gasteiger partial charge >= 0.3 is 0 Å². The van der Waals surface area contributed by atoms with Crippen molar-refractivity contribution in [3.05, 3.63) is 65.6 Å². The minimum Gasteiger partial charge on any atom is -0.497 e. The zero-order valence-corrected chi connectivity index (χ0v) is 20.0. The van der Waals surface area contributed by atoms with Crippen LogP contribution in [0.15, 0.2) is 60.0 Å².